The molecule has 3 atom stereocenters. The van der Waals surface area contributed by atoms with Crippen molar-refractivity contribution >= 4 is 40.2 Å². The molecule has 1 saturated carbocycles. The molecule has 6 nitrogen and oxygen atoms in total. The lowest BCUT2D eigenvalue weighted by atomic mass is 10.1. The highest BCUT2D eigenvalue weighted by Crippen LogP contribution is 2.51. The van der Waals surface area contributed by atoms with E-state index >= 15 is 0 Å². The molecule has 3 unspecified atom stereocenters. The Bertz CT molecular complexity index is 983. The van der Waals surface area contributed by atoms with Gasteiger partial charge in [-0.05, 0) is 36.8 Å². The second-order valence-electron chi connectivity index (χ2n) is 7.06. The number of anilines is 1. The summed E-state index contributed by atoms with van der Waals surface area (Å²) in [6.45, 7) is 2.79. The number of nitrogens with one attached hydrogen (secondary N) is 1. The largest absolute Gasteiger partial charge is 0.355 e. The van der Waals surface area contributed by atoms with Crippen LogP contribution in [-0.4, -0.2) is 39.8 Å². The number of nitrogens with two attached hydrogens (primary N) is 1. The smallest absolute Gasteiger partial charge is 0.202 e. The maximum atomic E-state index is 6.34. The summed E-state index contributed by atoms with van der Waals surface area (Å²) in [5.74, 6) is 3.05. The van der Waals surface area contributed by atoms with Gasteiger partial charge in [-0.2, -0.15) is 5.10 Å². The number of halogens is 2. The van der Waals surface area contributed by atoms with E-state index in [1.807, 2.05) is 18.3 Å². The molecule has 0 spiro atoms. The van der Waals surface area contributed by atoms with Crippen LogP contribution in [0.5, 0.6) is 0 Å². The average Bonchev–Trinajstić information content (AvgIpc) is 3.22. The number of aromatic amines is 1. The van der Waals surface area contributed by atoms with E-state index in [-0.39, 0.29) is 0 Å². The molecule has 1 saturated heterocycles. The predicted molar refractivity (Wildman–Crippen MR) is 103 cm³/mol. The fraction of sp³-hybridized carbons (Fsp3) is 0.389. The number of rotatable bonds is 3. The molecule has 5 rings (SSSR count). The molecule has 2 aromatic heterocycles. The molecule has 0 amide bonds. The number of fused-ring (bicyclic) bond motifs is 2. The molecule has 1 aliphatic heterocycles. The zero-order valence-electron chi connectivity index (χ0n) is 14.0. The fourth-order valence-electron chi connectivity index (χ4n) is 4.26. The van der Waals surface area contributed by atoms with Gasteiger partial charge in [0, 0.05) is 18.7 Å². The minimum absolute atomic E-state index is 0.481. The van der Waals surface area contributed by atoms with Crippen LogP contribution in [-0.2, 0) is 0 Å². The van der Waals surface area contributed by atoms with E-state index in [0.29, 0.717) is 33.0 Å². The number of aromatic nitrogens is 4. The molecule has 0 radical (unpaired) electrons. The molecule has 1 aliphatic carbocycles. The van der Waals surface area contributed by atoms with Gasteiger partial charge in [0.1, 0.15) is 11.3 Å². The monoisotopic (exact) mass is 388 g/mol. The first-order valence-electron chi connectivity index (χ1n) is 8.78. The molecule has 2 fully saturated rings. The summed E-state index contributed by atoms with van der Waals surface area (Å²) in [5, 5.41) is 8.32. The molecule has 0 bridgehead atoms. The Kier molecular flexibility index (Phi) is 3.81. The van der Waals surface area contributed by atoms with Gasteiger partial charge in [-0.1, -0.05) is 35.3 Å². The summed E-state index contributed by atoms with van der Waals surface area (Å²) < 4.78 is 0. The fourth-order valence-corrected chi connectivity index (χ4v) is 4.65. The van der Waals surface area contributed by atoms with Crippen molar-refractivity contribution in [2.45, 2.75) is 6.42 Å². The molecule has 1 aromatic carbocycles. The SMILES string of the molecule is NCC1C2CCN(c3cnc4c(-c5cccc(Cl)c5Cl)[nH]nc4n3)CC12. The van der Waals surface area contributed by atoms with Gasteiger partial charge in [0.15, 0.2) is 0 Å². The van der Waals surface area contributed by atoms with Crippen LogP contribution in [0.3, 0.4) is 0 Å². The maximum absolute atomic E-state index is 6.34. The van der Waals surface area contributed by atoms with E-state index in [0.717, 1.165) is 42.6 Å². The number of nitrogens with zero attached hydrogens (tertiary/aromatic N) is 4. The van der Waals surface area contributed by atoms with E-state index in [2.05, 4.69) is 20.1 Å². The van der Waals surface area contributed by atoms with Crippen molar-refractivity contribution in [1.82, 2.24) is 20.2 Å². The summed E-state index contributed by atoms with van der Waals surface area (Å²) in [4.78, 5) is 11.6. The van der Waals surface area contributed by atoms with E-state index in [9.17, 15) is 0 Å². The molecule has 134 valence electrons. The summed E-state index contributed by atoms with van der Waals surface area (Å²) in [5.41, 5.74) is 8.63. The van der Waals surface area contributed by atoms with Gasteiger partial charge < -0.3 is 10.6 Å². The molecule has 3 N–H and O–H groups in total. The second-order valence-corrected chi connectivity index (χ2v) is 7.85. The maximum Gasteiger partial charge on any atom is 0.202 e. The van der Waals surface area contributed by atoms with Crippen LogP contribution in [0.2, 0.25) is 10.0 Å². The zero-order chi connectivity index (χ0) is 17.8. The lowest BCUT2D eigenvalue weighted by Gasteiger charge is -2.26. The predicted octanol–water partition coefficient (Wildman–Crippen LogP) is 3.36. The van der Waals surface area contributed by atoms with Crippen LogP contribution >= 0.6 is 23.2 Å². The first-order chi connectivity index (χ1) is 12.7. The van der Waals surface area contributed by atoms with Gasteiger partial charge in [0.2, 0.25) is 5.65 Å². The number of hydrogen-bond acceptors (Lipinski definition) is 5. The number of piperidine rings is 1. The Hall–Kier alpha value is -1.89. The Morgan fingerprint density at radius 3 is 3.00 bits per heavy atom. The van der Waals surface area contributed by atoms with E-state index in [1.54, 1.807) is 6.07 Å². The summed E-state index contributed by atoms with van der Waals surface area (Å²) in [6.07, 6.45) is 3.00. The highest BCUT2D eigenvalue weighted by Gasteiger charge is 2.51. The van der Waals surface area contributed by atoms with Gasteiger partial charge in [-0.25, -0.2) is 9.97 Å². The third-order valence-electron chi connectivity index (χ3n) is 5.74. The van der Waals surface area contributed by atoms with Gasteiger partial charge in [-0.15, -0.1) is 0 Å². The molecular weight excluding hydrogens is 371 g/mol. The molecule has 3 aromatic rings. The normalized spacial score (nSPS) is 24.7. The highest BCUT2D eigenvalue weighted by molar-refractivity contribution is 6.43. The van der Waals surface area contributed by atoms with Gasteiger partial charge in [0.05, 0.1) is 21.9 Å². The molecule has 2 aliphatic rings. The lowest BCUT2D eigenvalue weighted by Crippen LogP contribution is -2.32. The second kappa shape index (κ2) is 6.08. The van der Waals surface area contributed by atoms with Crippen LogP contribution in [0.25, 0.3) is 22.4 Å². The summed E-state index contributed by atoms with van der Waals surface area (Å²) >= 11 is 12.5. The summed E-state index contributed by atoms with van der Waals surface area (Å²) in [6, 6.07) is 5.50. The number of hydrogen-bond donors (Lipinski definition) is 2. The Balaban J connectivity index is 1.48. The molecule has 3 heterocycles. The van der Waals surface area contributed by atoms with Crippen LogP contribution in [0.4, 0.5) is 5.82 Å². The Morgan fingerprint density at radius 2 is 2.15 bits per heavy atom. The van der Waals surface area contributed by atoms with Crippen LogP contribution in [0.1, 0.15) is 6.42 Å². The van der Waals surface area contributed by atoms with Crippen molar-refractivity contribution < 1.29 is 0 Å². The number of benzene rings is 1. The molecular formula is C18H18Cl2N6. The Labute approximate surface area is 160 Å². The van der Waals surface area contributed by atoms with Gasteiger partial charge in [-0.3, -0.25) is 5.10 Å². The van der Waals surface area contributed by atoms with E-state index in [1.165, 1.54) is 6.42 Å². The van der Waals surface area contributed by atoms with Crippen molar-refractivity contribution in [2.24, 2.45) is 23.5 Å². The summed E-state index contributed by atoms with van der Waals surface area (Å²) in [7, 11) is 0. The van der Waals surface area contributed by atoms with Crippen LogP contribution in [0.15, 0.2) is 24.4 Å². The van der Waals surface area contributed by atoms with E-state index in [4.69, 9.17) is 33.9 Å². The lowest BCUT2D eigenvalue weighted by molar-refractivity contribution is 0.546. The van der Waals surface area contributed by atoms with Crippen molar-refractivity contribution in [3.05, 3.63) is 34.4 Å². The minimum atomic E-state index is 0.481. The van der Waals surface area contributed by atoms with Crippen LogP contribution < -0.4 is 10.6 Å². The number of H-pyrrole nitrogens is 1. The zero-order valence-corrected chi connectivity index (χ0v) is 15.5. The Morgan fingerprint density at radius 1 is 1.27 bits per heavy atom. The third kappa shape index (κ3) is 2.47. The van der Waals surface area contributed by atoms with Crippen molar-refractivity contribution in [1.29, 1.82) is 0 Å². The van der Waals surface area contributed by atoms with Gasteiger partial charge >= 0.3 is 0 Å². The first-order valence-corrected chi connectivity index (χ1v) is 9.53. The highest BCUT2D eigenvalue weighted by atomic mass is 35.5. The van der Waals surface area contributed by atoms with Gasteiger partial charge in [0.25, 0.3) is 0 Å². The third-order valence-corrected chi connectivity index (χ3v) is 6.56. The van der Waals surface area contributed by atoms with Crippen molar-refractivity contribution in [3.63, 3.8) is 0 Å². The average molecular weight is 389 g/mol. The molecule has 26 heavy (non-hydrogen) atoms. The van der Waals surface area contributed by atoms with Crippen molar-refractivity contribution in [2.75, 3.05) is 24.5 Å². The first kappa shape index (κ1) is 16.3. The van der Waals surface area contributed by atoms with Crippen LogP contribution in [0, 0.1) is 17.8 Å². The molecule has 8 heteroatoms. The quantitative estimate of drug-likeness (QED) is 0.718. The topological polar surface area (TPSA) is 83.7 Å². The van der Waals surface area contributed by atoms with Crippen molar-refractivity contribution in [3.8, 4) is 11.3 Å². The van der Waals surface area contributed by atoms with E-state index < -0.39 is 0 Å². The standard InChI is InChI=1S/C18H18Cl2N6/c19-13-3-1-2-10(15(13)20)16-17-18(25-24-16)23-14(7-22-17)26-5-4-9-11(6-21)12(9)8-26/h1-3,7,9,11-12H,4-6,8,21H2,(H,23,24,25). The minimum Gasteiger partial charge on any atom is -0.355 e.